The predicted molar refractivity (Wildman–Crippen MR) is 38.5 cm³/mol. The third-order valence-electron chi connectivity index (χ3n) is 0.750. The van der Waals surface area contributed by atoms with E-state index < -0.39 is 5.91 Å². The molecule has 0 aromatic rings. The van der Waals surface area contributed by atoms with Crippen LogP contribution in [0, 0.1) is 0 Å². The molecule has 0 aromatic carbocycles. The number of carbonyl (C=O) groups is 1. The molecule has 0 aromatic heterocycles. The molecule has 0 rings (SSSR count). The quantitative estimate of drug-likeness (QED) is 0.261. The van der Waals surface area contributed by atoms with E-state index in [1.807, 2.05) is 0 Å². The van der Waals surface area contributed by atoms with E-state index in [4.69, 9.17) is 5.73 Å². The van der Waals surface area contributed by atoms with E-state index in [2.05, 4.69) is 16.6 Å². The molecule has 0 saturated carbocycles. The van der Waals surface area contributed by atoms with Gasteiger partial charge in [0.25, 0.3) is 5.91 Å². The van der Waals surface area contributed by atoms with Gasteiger partial charge in [-0.1, -0.05) is 17.8 Å². The molecule has 56 valence electrons. The van der Waals surface area contributed by atoms with Crippen LogP contribution in [0.1, 0.15) is 6.92 Å². The van der Waals surface area contributed by atoms with Gasteiger partial charge in [-0.3, -0.25) is 4.79 Å². The molecule has 0 radical (unpaired) electrons. The predicted octanol–water partition coefficient (Wildman–Crippen LogP) is 0.0502. The van der Waals surface area contributed by atoms with Crippen LogP contribution in [0.2, 0.25) is 0 Å². The summed E-state index contributed by atoms with van der Waals surface area (Å²) in [5.74, 6) is -0.580. The second-order valence-electron chi connectivity index (χ2n) is 1.63. The monoisotopic (exact) mass is 142 g/mol. The number of nitrogens with two attached hydrogens (primary N) is 1. The Kier molecular flexibility index (Phi) is 3.95. The number of carbonyl (C=O) groups excluding carboxylic acids is 1. The maximum Gasteiger partial charge on any atom is 0.266 e. The summed E-state index contributed by atoms with van der Waals surface area (Å²) in [6.07, 6.45) is 1.53. The van der Waals surface area contributed by atoms with E-state index in [9.17, 15) is 4.79 Å². The number of oxime groups is 1. The van der Waals surface area contributed by atoms with Crippen LogP contribution in [0.25, 0.3) is 0 Å². The summed E-state index contributed by atoms with van der Waals surface area (Å²) in [7, 11) is 0. The molecule has 0 unspecified atom stereocenters. The summed E-state index contributed by atoms with van der Waals surface area (Å²) in [5.41, 5.74) is 5.00. The Morgan fingerprint density at radius 2 is 2.50 bits per heavy atom. The van der Waals surface area contributed by atoms with Crippen molar-refractivity contribution in [3.05, 3.63) is 12.7 Å². The Morgan fingerprint density at radius 3 is 2.90 bits per heavy atom. The maximum absolute atomic E-state index is 10.3. The second-order valence-corrected chi connectivity index (χ2v) is 1.63. The van der Waals surface area contributed by atoms with Crippen molar-refractivity contribution in [1.29, 1.82) is 0 Å². The van der Waals surface area contributed by atoms with E-state index in [0.29, 0.717) is 0 Å². The van der Waals surface area contributed by atoms with Crippen LogP contribution in [0.15, 0.2) is 17.8 Å². The maximum atomic E-state index is 10.3. The normalized spacial score (nSPS) is 10.7. The highest BCUT2D eigenvalue weighted by molar-refractivity contribution is 6.37. The lowest BCUT2D eigenvalue weighted by Crippen LogP contribution is -2.20. The van der Waals surface area contributed by atoms with E-state index >= 15 is 0 Å². The Morgan fingerprint density at radius 1 is 1.90 bits per heavy atom. The lowest BCUT2D eigenvalue weighted by molar-refractivity contribution is -0.112. The van der Waals surface area contributed by atoms with Crippen molar-refractivity contribution < 1.29 is 9.63 Å². The van der Waals surface area contributed by atoms with Gasteiger partial charge < -0.3 is 10.6 Å². The molecule has 0 atom stereocenters. The molecule has 0 aliphatic rings. The Labute approximate surface area is 59.3 Å². The van der Waals surface area contributed by atoms with Crippen molar-refractivity contribution in [1.82, 2.24) is 0 Å². The number of rotatable bonds is 4. The van der Waals surface area contributed by atoms with Crippen LogP contribution >= 0.6 is 0 Å². The molecule has 0 aliphatic heterocycles. The molecular formula is C6H10N2O2. The van der Waals surface area contributed by atoms with Crippen LogP contribution < -0.4 is 5.73 Å². The van der Waals surface area contributed by atoms with Crippen LogP contribution in [0.4, 0.5) is 0 Å². The lowest BCUT2D eigenvalue weighted by Gasteiger charge is -1.93. The summed E-state index contributed by atoms with van der Waals surface area (Å²) in [6, 6.07) is 0. The number of amides is 1. The van der Waals surface area contributed by atoms with E-state index in [0.717, 1.165) is 0 Å². The summed E-state index contributed by atoms with van der Waals surface area (Å²) in [6.45, 7) is 5.15. The van der Waals surface area contributed by atoms with Crippen LogP contribution in [0.3, 0.4) is 0 Å². The van der Waals surface area contributed by atoms with E-state index in [1.165, 1.54) is 13.0 Å². The summed E-state index contributed by atoms with van der Waals surface area (Å²) < 4.78 is 0. The standard InChI is InChI=1S/C6H10N2O2/c1-3-4-10-8-5(2)6(7)9/h3H,1,4H2,2H3,(H2,7,9)/b8-5+. The minimum atomic E-state index is -0.580. The highest BCUT2D eigenvalue weighted by Gasteiger charge is 1.97. The Bertz CT molecular complexity index is 163. The molecule has 0 fully saturated rings. The number of nitrogens with zero attached hydrogens (tertiary/aromatic N) is 1. The summed E-state index contributed by atoms with van der Waals surface area (Å²) in [5, 5.41) is 3.38. The van der Waals surface area contributed by atoms with Gasteiger partial charge in [-0.15, -0.1) is 0 Å². The van der Waals surface area contributed by atoms with Crippen LogP contribution in [0.5, 0.6) is 0 Å². The molecule has 0 bridgehead atoms. The fraction of sp³-hybridized carbons (Fsp3) is 0.333. The van der Waals surface area contributed by atoms with Gasteiger partial charge in [0.15, 0.2) is 0 Å². The van der Waals surface area contributed by atoms with Crippen molar-refractivity contribution >= 4 is 11.6 Å². The van der Waals surface area contributed by atoms with Crippen LogP contribution in [-0.4, -0.2) is 18.2 Å². The van der Waals surface area contributed by atoms with Crippen molar-refractivity contribution in [2.75, 3.05) is 6.61 Å². The number of primary amides is 1. The zero-order valence-corrected chi connectivity index (χ0v) is 5.83. The molecule has 0 aliphatic carbocycles. The fourth-order valence-electron chi connectivity index (χ4n) is 0.232. The summed E-state index contributed by atoms with van der Waals surface area (Å²) in [4.78, 5) is 14.9. The minimum Gasteiger partial charge on any atom is -0.391 e. The topological polar surface area (TPSA) is 64.7 Å². The molecule has 4 heteroatoms. The average molecular weight is 142 g/mol. The third-order valence-corrected chi connectivity index (χ3v) is 0.750. The number of hydrogen-bond acceptors (Lipinski definition) is 3. The number of hydrogen-bond donors (Lipinski definition) is 1. The van der Waals surface area contributed by atoms with Gasteiger partial charge in [-0.05, 0) is 6.92 Å². The molecule has 0 spiro atoms. The van der Waals surface area contributed by atoms with Crippen molar-refractivity contribution in [2.24, 2.45) is 10.9 Å². The first kappa shape index (κ1) is 8.68. The molecular weight excluding hydrogens is 132 g/mol. The van der Waals surface area contributed by atoms with Gasteiger partial charge in [0.1, 0.15) is 12.3 Å². The largest absolute Gasteiger partial charge is 0.391 e. The lowest BCUT2D eigenvalue weighted by atomic mass is 10.4. The molecule has 0 saturated heterocycles. The SMILES string of the molecule is C=CCO/N=C(\C)C(N)=O. The highest BCUT2D eigenvalue weighted by atomic mass is 16.6. The van der Waals surface area contributed by atoms with Gasteiger partial charge in [0.2, 0.25) is 0 Å². The van der Waals surface area contributed by atoms with Gasteiger partial charge in [-0.25, -0.2) is 0 Å². The van der Waals surface area contributed by atoms with E-state index in [-0.39, 0.29) is 12.3 Å². The van der Waals surface area contributed by atoms with Gasteiger partial charge in [-0.2, -0.15) is 0 Å². The molecule has 10 heavy (non-hydrogen) atoms. The van der Waals surface area contributed by atoms with Crippen molar-refractivity contribution in [2.45, 2.75) is 6.92 Å². The van der Waals surface area contributed by atoms with Gasteiger partial charge >= 0.3 is 0 Å². The minimum absolute atomic E-state index is 0.154. The first-order valence-electron chi connectivity index (χ1n) is 2.75. The fourth-order valence-corrected chi connectivity index (χ4v) is 0.232. The molecule has 4 nitrogen and oxygen atoms in total. The van der Waals surface area contributed by atoms with Gasteiger partial charge in [0.05, 0.1) is 0 Å². The smallest absolute Gasteiger partial charge is 0.266 e. The molecule has 0 heterocycles. The first-order valence-corrected chi connectivity index (χ1v) is 2.75. The third kappa shape index (κ3) is 3.65. The molecule has 1 amide bonds. The highest BCUT2D eigenvalue weighted by Crippen LogP contribution is 1.79. The van der Waals surface area contributed by atoms with Crippen molar-refractivity contribution in [3.8, 4) is 0 Å². The first-order chi connectivity index (χ1) is 4.68. The van der Waals surface area contributed by atoms with Gasteiger partial charge in [0, 0.05) is 0 Å². The average Bonchev–Trinajstić information content (AvgIpc) is 1.88. The van der Waals surface area contributed by atoms with Crippen LogP contribution in [-0.2, 0) is 9.63 Å². The zero-order chi connectivity index (χ0) is 7.98. The second kappa shape index (κ2) is 4.55. The molecule has 2 N–H and O–H groups in total. The zero-order valence-electron chi connectivity index (χ0n) is 5.83. The Balaban J connectivity index is 3.68. The Hall–Kier alpha value is -1.32. The summed E-state index contributed by atoms with van der Waals surface area (Å²) >= 11 is 0. The van der Waals surface area contributed by atoms with Crippen molar-refractivity contribution in [3.63, 3.8) is 0 Å². The van der Waals surface area contributed by atoms with E-state index in [1.54, 1.807) is 0 Å².